The van der Waals surface area contributed by atoms with Crippen molar-refractivity contribution in [2.45, 2.75) is 39.0 Å². The van der Waals surface area contributed by atoms with Gasteiger partial charge in [0.25, 0.3) is 5.91 Å². The number of benzene rings is 1. The van der Waals surface area contributed by atoms with Crippen molar-refractivity contribution in [3.63, 3.8) is 0 Å². The number of anilines is 1. The highest BCUT2D eigenvalue weighted by Crippen LogP contribution is 2.15. The third kappa shape index (κ3) is 6.38. The molecule has 0 aliphatic carbocycles. The van der Waals surface area contributed by atoms with Crippen molar-refractivity contribution in [1.82, 2.24) is 20.4 Å². The predicted octanol–water partition coefficient (Wildman–Crippen LogP) is 2.63. The predicted molar refractivity (Wildman–Crippen MR) is 111 cm³/mol. The first kappa shape index (κ1) is 20.4. The van der Waals surface area contributed by atoms with Crippen LogP contribution in [0.5, 0.6) is 0 Å². The number of hydrogen-bond donors (Lipinski definition) is 2. The molecule has 0 spiro atoms. The number of carbonyl (C=O) groups is 2. The van der Waals surface area contributed by atoms with E-state index in [2.05, 4.69) is 25.7 Å². The number of aryl methyl sites for hydroxylation is 2. The Hall–Kier alpha value is -2.32. The molecule has 1 aliphatic heterocycles. The Kier molecular flexibility index (Phi) is 7.50. The summed E-state index contributed by atoms with van der Waals surface area (Å²) in [7, 11) is 0. The number of hydrogen-bond acceptors (Lipinski definition) is 6. The molecule has 2 amide bonds. The molecule has 8 heteroatoms. The van der Waals surface area contributed by atoms with Gasteiger partial charge in [0.1, 0.15) is 5.01 Å². The number of amides is 2. The van der Waals surface area contributed by atoms with Gasteiger partial charge in [-0.1, -0.05) is 29.0 Å². The number of carbonyl (C=O) groups excluding carboxylic acids is 2. The molecule has 0 unspecified atom stereocenters. The van der Waals surface area contributed by atoms with Crippen molar-refractivity contribution in [2.75, 3.05) is 31.5 Å². The van der Waals surface area contributed by atoms with E-state index >= 15 is 0 Å². The lowest BCUT2D eigenvalue weighted by Crippen LogP contribution is -2.28. The standard InChI is InChI=1S/C20H27N5O2S/c1-15-5-7-16(8-6-15)22-19(27)20-24-23-18(28-20)10-9-17(26)21-11-4-14-25-12-2-3-13-25/h5-8H,2-4,9-14H2,1H3,(H,21,26)(H,22,27). The highest BCUT2D eigenvalue weighted by molar-refractivity contribution is 7.13. The van der Waals surface area contributed by atoms with Crippen LogP contribution in [0.1, 0.15) is 46.1 Å². The molecule has 7 nitrogen and oxygen atoms in total. The molecule has 0 bridgehead atoms. The molecule has 1 fully saturated rings. The monoisotopic (exact) mass is 401 g/mol. The molecule has 0 saturated carbocycles. The van der Waals surface area contributed by atoms with Crippen LogP contribution in [-0.4, -0.2) is 53.1 Å². The molecule has 150 valence electrons. The summed E-state index contributed by atoms with van der Waals surface area (Å²) >= 11 is 1.23. The van der Waals surface area contributed by atoms with Crippen molar-refractivity contribution in [1.29, 1.82) is 0 Å². The second-order valence-electron chi connectivity index (χ2n) is 7.07. The summed E-state index contributed by atoms with van der Waals surface area (Å²) in [5.41, 5.74) is 1.85. The summed E-state index contributed by atoms with van der Waals surface area (Å²) in [6.45, 7) is 6.12. The molecule has 1 aliphatic rings. The summed E-state index contributed by atoms with van der Waals surface area (Å²) < 4.78 is 0. The van der Waals surface area contributed by atoms with E-state index in [4.69, 9.17) is 0 Å². The molecule has 0 atom stereocenters. The zero-order chi connectivity index (χ0) is 19.8. The summed E-state index contributed by atoms with van der Waals surface area (Å²) in [4.78, 5) is 26.7. The fourth-order valence-corrected chi connectivity index (χ4v) is 3.85. The highest BCUT2D eigenvalue weighted by atomic mass is 32.1. The molecule has 2 aromatic rings. The normalized spacial score (nSPS) is 14.2. The first-order valence-electron chi connectivity index (χ1n) is 9.79. The van der Waals surface area contributed by atoms with Gasteiger partial charge in [0, 0.05) is 25.1 Å². The molecule has 1 aromatic carbocycles. The first-order valence-corrected chi connectivity index (χ1v) is 10.6. The van der Waals surface area contributed by atoms with E-state index in [1.807, 2.05) is 31.2 Å². The van der Waals surface area contributed by atoms with Gasteiger partial charge in [-0.15, -0.1) is 10.2 Å². The highest BCUT2D eigenvalue weighted by Gasteiger charge is 2.14. The van der Waals surface area contributed by atoms with Crippen LogP contribution in [0.3, 0.4) is 0 Å². The van der Waals surface area contributed by atoms with Crippen LogP contribution in [0.25, 0.3) is 0 Å². The van der Waals surface area contributed by atoms with Crippen LogP contribution >= 0.6 is 11.3 Å². The van der Waals surface area contributed by atoms with Gasteiger partial charge in [0.05, 0.1) is 0 Å². The van der Waals surface area contributed by atoms with Crippen LogP contribution in [0.15, 0.2) is 24.3 Å². The van der Waals surface area contributed by atoms with Gasteiger partial charge in [-0.05, 0) is 58.0 Å². The Morgan fingerprint density at radius 3 is 2.64 bits per heavy atom. The molecule has 2 heterocycles. The van der Waals surface area contributed by atoms with E-state index in [1.54, 1.807) is 0 Å². The second kappa shape index (κ2) is 10.3. The zero-order valence-electron chi connectivity index (χ0n) is 16.2. The minimum absolute atomic E-state index is 0.0160. The molecule has 1 saturated heterocycles. The van der Waals surface area contributed by atoms with Gasteiger partial charge in [0.15, 0.2) is 0 Å². The minimum Gasteiger partial charge on any atom is -0.356 e. The average Bonchev–Trinajstić information content (AvgIpc) is 3.37. The first-order chi connectivity index (χ1) is 13.6. The Labute approximate surface area is 169 Å². The topological polar surface area (TPSA) is 87.2 Å². The van der Waals surface area contributed by atoms with Gasteiger partial charge >= 0.3 is 0 Å². The molecule has 1 aromatic heterocycles. The van der Waals surface area contributed by atoms with E-state index < -0.39 is 0 Å². The van der Waals surface area contributed by atoms with Gasteiger partial charge in [-0.2, -0.15) is 0 Å². The summed E-state index contributed by atoms with van der Waals surface area (Å²) in [5, 5.41) is 14.7. The SMILES string of the molecule is Cc1ccc(NC(=O)c2nnc(CCC(=O)NCCCN3CCCC3)s2)cc1. The third-order valence-electron chi connectivity index (χ3n) is 4.71. The number of aromatic nitrogens is 2. The molecule has 2 N–H and O–H groups in total. The Bertz CT molecular complexity index is 784. The van der Waals surface area contributed by atoms with E-state index in [0.717, 1.165) is 24.2 Å². The molecular weight excluding hydrogens is 374 g/mol. The fraction of sp³-hybridized carbons (Fsp3) is 0.500. The number of rotatable bonds is 9. The van der Waals surface area contributed by atoms with Gasteiger partial charge < -0.3 is 15.5 Å². The molecule has 28 heavy (non-hydrogen) atoms. The molecule has 3 rings (SSSR count). The lowest BCUT2D eigenvalue weighted by atomic mass is 10.2. The maximum Gasteiger partial charge on any atom is 0.286 e. The largest absolute Gasteiger partial charge is 0.356 e. The fourth-order valence-electron chi connectivity index (χ4n) is 3.11. The van der Waals surface area contributed by atoms with Crippen molar-refractivity contribution in [2.24, 2.45) is 0 Å². The van der Waals surface area contributed by atoms with Crippen molar-refractivity contribution in [3.8, 4) is 0 Å². The van der Waals surface area contributed by atoms with Gasteiger partial charge in [-0.25, -0.2) is 0 Å². The maximum absolute atomic E-state index is 12.2. The number of nitrogens with one attached hydrogen (secondary N) is 2. The van der Waals surface area contributed by atoms with Crippen LogP contribution in [0.4, 0.5) is 5.69 Å². The number of likely N-dealkylation sites (tertiary alicyclic amines) is 1. The number of nitrogens with zero attached hydrogens (tertiary/aromatic N) is 3. The Morgan fingerprint density at radius 2 is 1.89 bits per heavy atom. The maximum atomic E-state index is 12.2. The van der Waals surface area contributed by atoms with E-state index in [9.17, 15) is 9.59 Å². The summed E-state index contributed by atoms with van der Waals surface area (Å²) in [6.07, 6.45) is 4.41. The lowest BCUT2D eigenvalue weighted by Gasteiger charge is -2.14. The summed E-state index contributed by atoms with van der Waals surface area (Å²) in [6, 6.07) is 7.57. The van der Waals surface area contributed by atoms with E-state index in [1.165, 1.54) is 37.3 Å². The molecular formula is C20H27N5O2S. The van der Waals surface area contributed by atoms with E-state index in [0.29, 0.717) is 29.4 Å². The van der Waals surface area contributed by atoms with Gasteiger partial charge in [0.2, 0.25) is 10.9 Å². The third-order valence-corrected chi connectivity index (χ3v) is 5.69. The molecule has 0 radical (unpaired) electrons. The minimum atomic E-state index is -0.279. The van der Waals surface area contributed by atoms with Crippen LogP contribution < -0.4 is 10.6 Å². The van der Waals surface area contributed by atoms with Gasteiger partial charge in [-0.3, -0.25) is 9.59 Å². The average molecular weight is 402 g/mol. The second-order valence-corrected chi connectivity index (χ2v) is 8.14. The van der Waals surface area contributed by atoms with E-state index in [-0.39, 0.29) is 11.8 Å². The lowest BCUT2D eigenvalue weighted by molar-refractivity contribution is -0.121. The van der Waals surface area contributed by atoms with Crippen molar-refractivity contribution >= 4 is 28.8 Å². The van der Waals surface area contributed by atoms with Crippen LogP contribution in [-0.2, 0) is 11.2 Å². The van der Waals surface area contributed by atoms with Crippen molar-refractivity contribution < 1.29 is 9.59 Å². The quantitative estimate of drug-likeness (QED) is 0.631. The van der Waals surface area contributed by atoms with Crippen LogP contribution in [0, 0.1) is 6.92 Å². The smallest absolute Gasteiger partial charge is 0.286 e. The Balaban J connectivity index is 1.35. The van der Waals surface area contributed by atoms with Crippen molar-refractivity contribution in [3.05, 3.63) is 39.8 Å². The zero-order valence-corrected chi connectivity index (χ0v) is 17.1. The van der Waals surface area contributed by atoms with Crippen LogP contribution in [0.2, 0.25) is 0 Å². The Morgan fingerprint density at radius 1 is 1.14 bits per heavy atom. The summed E-state index contributed by atoms with van der Waals surface area (Å²) in [5.74, 6) is -0.263.